The minimum absolute atomic E-state index is 0.224. The predicted octanol–water partition coefficient (Wildman–Crippen LogP) is 2.78. The molecular weight excluding hydrogens is 266 g/mol. The SMILES string of the molecule is Cc1oc(-n2cccc2)c(C#N)c1C(=O)NCC1CCC1. The van der Waals surface area contributed by atoms with Crippen LogP contribution in [0.4, 0.5) is 0 Å². The van der Waals surface area contributed by atoms with E-state index in [2.05, 4.69) is 11.4 Å². The van der Waals surface area contributed by atoms with E-state index in [-0.39, 0.29) is 11.5 Å². The fourth-order valence-corrected chi connectivity index (χ4v) is 2.58. The second kappa shape index (κ2) is 5.49. The highest BCUT2D eigenvalue weighted by Crippen LogP contribution is 2.27. The number of hydrogen-bond acceptors (Lipinski definition) is 3. The summed E-state index contributed by atoms with van der Waals surface area (Å²) in [7, 11) is 0. The van der Waals surface area contributed by atoms with Crippen molar-refractivity contribution in [1.82, 2.24) is 9.88 Å². The molecule has 0 aromatic carbocycles. The molecule has 2 aromatic heterocycles. The molecule has 2 aromatic rings. The number of rotatable bonds is 4. The van der Waals surface area contributed by atoms with E-state index in [9.17, 15) is 10.1 Å². The molecule has 2 heterocycles. The molecule has 108 valence electrons. The van der Waals surface area contributed by atoms with E-state index in [0.29, 0.717) is 29.7 Å². The number of furan rings is 1. The quantitative estimate of drug-likeness (QED) is 0.937. The summed E-state index contributed by atoms with van der Waals surface area (Å²) in [6.07, 6.45) is 7.16. The average molecular weight is 283 g/mol. The van der Waals surface area contributed by atoms with E-state index >= 15 is 0 Å². The van der Waals surface area contributed by atoms with Gasteiger partial charge < -0.3 is 9.73 Å². The minimum atomic E-state index is -0.224. The lowest BCUT2D eigenvalue weighted by atomic mass is 9.85. The Morgan fingerprint density at radius 1 is 1.48 bits per heavy atom. The Kier molecular flexibility index (Phi) is 3.53. The Balaban J connectivity index is 1.87. The van der Waals surface area contributed by atoms with Crippen LogP contribution in [0.2, 0.25) is 0 Å². The fraction of sp³-hybridized carbons (Fsp3) is 0.375. The number of nitriles is 1. The molecule has 0 bridgehead atoms. The Labute approximate surface area is 123 Å². The van der Waals surface area contributed by atoms with Gasteiger partial charge in [-0.2, -0.15) is 5.26 Å². The van der Waals surface area contributed by atoms with Gasteiger partial charge in [0.15, 0.2) is 0 Å². The molecule has 5 nitrogen and oxygen atoms in total. The Morgan fingerprint density at radius 3 is 2.76 bits per heavy atom. The molecular formula is C16H17N3O2. The third-order valence-corrected chi connectivity index (χ3v) is 4.02. The van der Waals surface area contributed by atoms with Crippen LogP contribution in [0.5, 0.6) is 0 Å². The molecule has 1 aliphatic carbocycles. The zero-order valence-corrected chi connectivity index (χ0v) is 11.9. The van der Waals surface area contributed by atoms with Crippen molar-refractivity contribution >= 4 is 5.91 Å². The van der Waals surface area contributed by atoms with Gasteiger partial charge in [-0.05, 0) is 37.8 Å². The molecule has 0 aliphatic heterocycles. The number of carbonyl (C=O) groups excluding carboxylic acids is 1. The molecule has 0 radical (unpaired) electrons. The molecule has 0 unspecified atom stereocenters. The Morgan fingerprint density at radius 2 is 2.19 bits per heavy atom. The van der Waals surface area contributed by atoms with E-state index in [1.165, 1.54) is 19.3 Å². The lowest BCUT2D eigenvalue weighted by molar-refractivity contribution is 0.0937. The molecule has 1 fully saturated rings. The van der Waals surface area contributed by atoms with Gasteiger partial charge in [-0.1, -0.05) is 6.42 Å². The van der Waals surface area contributed by atoms with Crippen LogP contribution >= 0.6 is 0 Å². The lowest BCUT2D eigenvalue weighted by Crippen LogP contribution is -2.32. The number of amides is 1. The van der Waals surface area contributed by atoms with Gasteiger partial charge in [0.1, 0.15) is 23.0 Å². The van der Waals surface area contributed by atoms with Crippen molar-refractivity contribution in [3.63, 3.8) is 0 Å². The number of nitrogens with zero attached hydrogens (tertiary/aromatic N) is 2. The molecule has 21 heavy (non-hydrogen) atoms. The van der Waals surface area contributed by atoms with Gasteiger partial charge in [-0.3, -0.25) is 9.36 Å². The first-order valence-corrected chi connectivity index (χ1v) is 7.15. The smallest absolute Gasteiger partial charge is 0.256 e. The number of aryl methyl sites for hydroxylation is 1. The van der Waals surface area contributed by atoms with E-state index in [4.69, 9.17) is 4.42 Å². The highest BCUT2D eigenvalue weighted by molar-refractivity contribution is 5.98. The van der Waals surface area contributed by atoms with Crippen molar-refractivity contribution in [1.29, 1.82) is 5.26 Å². The van der Waals surface area contributed by atoms with Crippen LogP contribution in [0, 0.1) is 24.2 Å². The highest BCUT2D eigenvalue weighted by Gasteiger charge is 2.25. The van der Waals surface area contributed by atoms with E-state index in [1.54, 1.807) is 23.9 Å². The molecule has 1 amide bonds. The summed E-state index contributed by atoms with van der Waals surface area (Å²) >= 11 is 0. The molecule has 0 spiro atoms. The number of hydrogen-bond donors (Lipinski definition) is 1. The number of aromatic nitrogens is 1. The minimum Gasteiger partial charge on any atom is -0.443 e. The van der Waals surface area contributed by atoms with Gasteiger partial charge in [-0.25, -0.2) is 0 Å². The average Bonchev–Trinajstić information content (AvgIpc) is 3.03. The lowest BCUT2D eigenvalue weighted by Gasteiger charge is -2.25. The normalized spacial score (nSPS) is 14.5. The van der Waals surface area contributed by atoms with Crippen LogP contribution in [0.1, 0.15) is 40.9 Å². The van der Waals surface area contributed by atoms with Gasteiger partial charge in [0.2, 0.25) is 5.88 Å². The van der Waals surface area contributed by atoms with Gasteiger partial charge in [0.25, 0.3) is 5.91 Å². The van der Waals surface area contributed by atoms with Crippen LogP contribution in [-0.2, 0) is 0 Å². The number of carbonyl (C=O) groups is 1. The van der Waals surface area contributed by atoms with Gasteiger partial charge in [0.05, 0.1) is 0 Å². The summed E-state index contributed by atoms with van der Waals surface area (Å²) in [6, 6.07) is 5.78. The first-order chi connectivity index (χ1) is 10.2. The van der Waals surface area contributed by atoms with E-state index in [0.717, 1.165) is 0 Å². The summed E-state index contributed by atoms with van der Waals surface area (Å²) in [5, 5.41) is 12.3. The van der Waals surface area contributed by atoms with Crippen molar-refractivity contribution in [2.75, 3.05) is 6.54 Å². The summed E-state index contributed by atoms with van der Waals surface area (Å²) in [6.45, 7) is 2.39. The van der Waals surface area contributed by atoms with Crippen molar-refractivity contribution < 1.29 is 9.21 Å². The van der Waals surface area contributed by atoms with Crippen LogP contribution in [0.15, 0.2) is 28.9 Å². The molecule has 5 heteroatoms. The number of nitrogens with one attached hydrogen (secondary N) is 1. The summed E-state index contributed by atoms with van der Waals surface area (Å²) in [5.41, 5.74) is 0.635. The summed E-state index contributed by atoms with van der Waals surface area (Å²) < 4.78 is 7.33. The van der Waals surface area contributed by atoms with Crippen molar-refractivity contribution in [3.8, 4) is 12.0 Å². The zero-order valence-electron chi connectivity index (χ0n) is 11.9. The second-order valence-corrected chi connectivity index (χ2v) is 5.42. The third kappa shape index (κ3) is 2.45. The predicted molar refractivity (Wildman–Crippen MR) is 77.2 cm³/mol. The second-order valence-electron chi connectivity index (χ2n) is 5.42. The van der Waals surface area contributed by atoms with Crippen molar-refractivity contribution in [2.24, 2.45) is 5.92 Å². The zero-order chi connectivity index (χ0) is 14.8. The molecule has 0 saturated heterocycles. The van der Waals surface area contributed by atoms with Gasteiger partial charge in [0, 0.05) is 18.9 Å². The first kappa shape index (κ1) is 13.5. The standard InChI is InChI=1S/C16H17N3O2/c1-11-14(15(20)18-10-12-5-4-6-12)13(9-17)16(21-11)19-7-2-3-8-19/h2-3,7-8,12H,4-6,10H2,1H3,(H,18,20). The van der Waals surface area contributed by atoms with Gasteiger partial charge in [-0.15, -0.1) is 0 Å². The first-order valence-electron chi connectivity index (χ1n) is 7.15. The highest BCUT2D eigenvalue weighted by atomic mass is 16.4. The molecule has 1 saturated carbocycles. The largest absolute Gasteiger partial charge is 0.443 e. The van der Waals surface area contributed by atoms with Crippen LogP contribution in [0.25, 0.3) is 5.88 Å². The maximum atomic E-state index is 12.3. The summed E-state index contributed by atoms with van der Waals surface area (Å²) in [4.78, 5) is 12.3. The van der Waals surface area contributed by atoms with E-state index in [1.807, 2.05) is 12.1 Å². The monoisotopic (exact) mass is 283 g/mol. The van der Waals surface area contributed by atoms with Crippen molar-refractivity contribution in [3.05, 3.63) is 41.4 Å². The third-order valence-electron chi connectivity index (χ3n) is 4.02. The van der Waals surface area contributed by atoms with Crippen LogP contribution in [0.3, 0.4) is 0 Å². The molecule has 1 N–H and O–H groups in total. The Hall–Kier alpha value is -2.48. The molecule has 1 aliphatic rings. The molecule has 3 rings (SSSR count). The maximum Gasteiger partial charge on any atom is 0.256 e. The maximum absolute atomic E-state index is 12.3. The van der Waals surface area contributed by atoms with Crippen molar-refractivity contribution in [2.45, 2.75) is 26.2 Å². The van der Waals surface area contributed by atoms with Crippen LogP contribution in [-0.4, -0.2) is 17.0 Å². The summed E-state index contributed by atoms with van der Waals surface area (Å²) in [5.74, 6) is 1.23. The molecule has 0 atom stereocenters. The Bertz CT molecular complexity index is 688. The van der Waals surface area contributed by atoms with Gasteiger partial charge >= 0.3 is 0 Å². The van der Waals surface area contributed by atoms with E-state index < -0.39 is 0 Å². The van der Waals surface area contributed by atoms with Crippen LogP contribution < -0.4 is 5.32 Å². The topological polar surface area (TPSA) is 71.0 Å². The fourth-order valence-electron chi connectivity index (χ4n) is 2.58.